The van der Waals surface area contributed by atoms with E-state index in [2.05, 4.69) is 10.4 Å². The summed E-state index contributed by atoms with van der Waals surface area (Å²) in [4.78, 5) is 10.3. The van der Waals surface area contributed by atoms with Gasteiger partial charge in [0.1, 0.15) is 0 Å². The summed E-state index contributed by atoms with van der Waals surface area (Å²) in [5.74, 6) is 0. The molecule has 7 nitrogen and oxygen atoms in total. The first kappa shape index (κ1) is 12.9. The summed E-state index contributed by atoms with van der Waals surface area (Å²) in [6.45, 7) is 2.00. The third kappa shape index (κ3) is 2.82. The number of nitrogen functional groups attached to an aromatic ring is 1. The lowest BCUT2D eigenvalue weighted by Crippen LogP contribution is -1.97. The molecule has 0 radical (unpaired) electrons. The van der Waals surface area contributed by atoms with Crippen molar-refractivity contribution in [2.75, 3.05) is 11.1 Å². The highest BCUT2D eigenvalue weighted by Gasteiger charge is 2.11. The van der Waals surface area contributed by atoms with E-state index >= 15 is 0 Å². The molecule has 0 fully saturated rings. The number of nitrogens with two attached hydrogens (primary N) is 1. The molecule has 0 aliphatic rings. The molecule has 1 aromatic heterocycles. The molecule has 1 aromatic carbocycles. The van der Waals surface area contributed by atoms with Gasteiger partial charge in [-0.15, -0.1) is 0 Å². The van der Waals surface area contributed by atoms with Crippen LogP contribution < -0.4 is 11.1 Å². The van der Waals surface area contributed by atoms with Crippen molar-refractivity contribution >= 4 is 22.7 Å². The van der Waals surface area contributed by atoms with E-state index in [0.29, 0.717) is 11.4 Å². The number of nitro benzene ring substituents is 1. The Morgan fingerprint density at radius 3 is 2.84 bits per heavy atom. The van der Waals surface area contributed by atoms with Crippen LogP contribution in [0, 0.1) is 10.1 Å². The molecule has 0 unspecified atom stereocenters. The molecule has 0 saturated heterocycles. The molecule has 7 heteroatoms. The van der Waals surface area contributed by atoms with Crippen LogP contribution in [0.3, 0.4) is 0 Å². The standard InChI is InChI=1S/C12H15N5O2/c1-3-11-12(7-16(2)15-11)14-9-4-8(13)5-10(6-9)17(18)19/h4-7,14H,3,13H2,1-2H3. The molecule has 0 amide bonds. The number of hydrogen-bond acceptors (Lipinski definition) is 5. The molecule has 2 rings (SSSR count). The van der Waals surface area contributed by atoms with E-state index in [1.165, 1.54) is 12.1 Å². The number of nitrogens with zero attached hydrogens (tertiary/aromatic N) is 3. The van der Waals surface area contributed by atoms with E-state index in [1.54, 1.807) is 10.7 Å². The fraction of sp³-hybridized carbons (Fsp3) is 0.250. The zero-order valence-electron chi connectivity index (χ0n) is 10.8. The van der Waals surface area contributed by atoms with Crippen molar-refractivity contribution in [2.45, 2.75) is 13.3 Å². The molecule has 1 heterocycles. The Balaban J connectivity index is 2.35. The zero-order valence-corrected chi connectivity index (χ0v) is 10.8. The molecule has 0 atom stereocenters. The Labute approximate surface area is 110 Å². The van der Waals surface area contributed by atoms with Crippen LogP contribution in [-0.4, -0.2) is 14.7 Å². The average molecular weight is 261 g/mol. The van der Waals surface area contributed by atoms with Crippen LogP contribution in [0.15, 0.2) is 24.4 Å². The third-order valence-electron chi connectivity index (χ3n) is 2.67. The first-order chi connectivity index (χ1) is 8.99. The Morgan fingerprint density at radius 2 is 2.21 bits per heavy atom. The monoisotopic (exact) mass is 261 g/mol. The van der Waals surface area contributed by atoms with Crippen LogP contribution >= 0.6 is 0 Å². The number of aromatic nitrogens is 2. The summed E-state index contributed by atoms with van der Waals surface area (Å²) < 4.78 is 1.70. The third-order valence-corrected chi connectivity index (χ3v) is 2.67. The number of rotatable bonds is 4. The highest BCUT2D eigenvalue weighted by Crippen LogP contribution is 2.26. The minimum absolute atomic E-state index is 0.0376. The second kappa shape index (κ2) is 4.97. The van der Waals surface area contributed by atoms with Crippen LogP contribution in [-0.2, 0) is 13.5 Å². The summed E-state index contributed by atoms with van der Waals surface area (Å²) in [5, 5.41) is 18.2. The number of hydrogen-bond donors (Lipinski definition) is 2. The molecule has 0 spiro atoms. The minimum Gasteiger partial charge on any atom is -0.398 e. The van der Waals surface area contributed by atoms with Gasteiger partial charge in [0.05, 0.1) is 16.3 Å². The van der Waals surface area contributed by atoms with Crippen LogP contribution in [0.25, 0.3) is 0 Å². The lowest BCUT2D eigenvalue weighted by Gasteiger charge is -2.06. The molecule has 0 aliphatic heterocycles. The van der Waals surface area contributed by atoms with Crippen molar-refractivity contribution in [3.05, 3.63) is 40.2 Å². The lowest BCUT2D eigenvalue weighted by molar-refractivity contribution is -0.384. The molecule has 2 aromatic rings. The van der Waals surface area contributed by atoms with Gasteiger partial charge in [0.15, 0.2) is 0 Å². The number of anilines is 3. The van der Waals surface area contributed by atoms with E-state index < -0.39 is 4.92 Å². The number of aryl methyl sites for hydroxylation is 2. The summed E-state index contributed by atoms with van der Waals surface area (Å²) in [5.41, 5.74) is 8.27. The number of nitrogens with one attached hydrogen (secondary N) is 1. The largest absolute Gasteiger partial charge is 0.398 e. The molecule has 100 valence electrons. The lowest BCUT2D eigenvalue weighted by atomic mass is 10.2. The Hall–Kier alpha value is -2.57. The first-order valence-electron chi connectivity index (χ1n) is 5.84. The zero-order chi connectivity index (χ0) is 14.0. The van der Waals surface area contributed by atoms with Gasteiger partial charge in [-0.05, 0) is 12.5 Å². The smallest absolute Gasteiger partial charge is 0.273 e. The van der Waals surface area contributed by atoms with E-state index in [-0.39, 0.29) is 5.69 Å². The van der Waals surface area contributed by atoms with Gasteiger partial charge >= 0.3 is 0 Å². The van der Waals surface area contributed by atoms with Crippen molar-refractivity contribution in [3.63, 3.8) is 0 Å². The molecule has 0 bridgehead atoms. The predicted octanol–water partition coefficient (Wildman–Crippen LogP) is 2.22. The quantitative estimate of drug-likeness (QED) is 0.499. The summed E-state index contributed by atoms with van der Waals surface area (Å²) in [6.07, 6.45) is 2.60. The molecule has 0 saturated carbocycles. The molecule has 3 N–H and O–H groups in total. The SMILES string of the molecule is CCc1nn(C)cc1Nc1cc(N)cc([N+](=O)[O-])c1. The maximum atomic E-state index is 10.8. The highest BCUT2D eigenvalue weighted by molar-refractivity contribution is 5.68. The second-order valence-electron chi connectivity index (χ2n) is 4.21. The van der Waals surface area contributed by atoms with Gasteiger partial charge in [-0.1, -0.05) is 6.92 Å². The Bertz CT molecular complexity index is 621. The topological polar surface area (TPSA) is 99.0 Å². The van der Waals surface area contributed by atoms with E-state index in [1.807, 2.05) is 20.2 Å². The maximum absolute atomic E-state index is 10.8. The Morgan fingerprint density at radius 1 is 1.47 bits per heavy atom. The second-order valence-corrected chi connectivity index (χ2v) is 4.21. The number of nitro groups is 1. The summed E-state index contributed by atoms with van der Waals surface area (Å²) >= 11 is 0. The highest BCUT2D eigenvalue weighted by atomic mass is 16.6. The van der Waals surface area contributed by atoms with E-state index in [9.17, 15) is 10.1 Å². The van der Waals surface area contributed by atoms with Crippen LogP contribution in [0.1, 0.15) is 12.6 Å². The van der Waals surface area contributed by atoms with Gasteiger partial charge < -0.3 is 11.1 Å². The van der Waals surface area contributed by atoms with E-state index in [4.69, 9.17) is 5.73 Å². The average Bonchev–Trinajstić information content (AvgIpc) is 2.68. The molecular weight excluding hydrogens is 246 g/mol. The fourth-order valence-corrected chi connectivity index (χ4v) is 1.87. The van der Waals surface area contributed by atoms with Gasteiger partial charge in [0, 0.05) is 36.8 Å². The van der Waals surface area contributed by atoms with Gasteiger partial charge in [-0.25, -0.2) is 0 Å². The summed E-state index contributed by atoms with van der Waals surface area (Å²) in [7, 11) is 1.83. The van der Waals surface area contributed by atoms with Crippen molar-refractivity contribution in [1.29, 1.82) is 0 Å². The van der Waals surface area contributed by atoms with Crippen LogP contribution in [0.4, 0.5) is 22.7 Å². The van der Waals surface area contributed by atoms with Crippen LogP contribution in [0.5, 0.6) is 0 Å². The number of non-ortho nitro benzene ring substituents is 1. The molecule has 0 aliphatic carbocycles. The molecular formula is C12H15N5O2. The van der Waals surface area contributed by atoms with Crippen molar-refractivity contribution in [1.82, 2.24) is 9.78 Å². The Kier molecular flexibility index (Phi) is 3.37. The summed E-state index contributed by atoms with van der Waals surface area (Å²) in [6, 6.07) is 4.43. The van der Waals surface area contributed by atoms with Gasteiger partial charge in [0.25, 0.3) is 5.69 Å². The van der Waals surface area contributed by atoms with Crippen molar-refractivity contribution in [2.24, 2.45) is 7.05 Å². The maximum Gasteiger partial charge on any atom is 0.273 e. The van der Waals surface area contributed by atoms with Crippen LogP contribution in [0.2, 0.25) is 0 Å². The van der Waals surface area contributed by atoms with Gasteiger partial charge in [0.2, 0.25) is 0 Å². The predicted molar refractivity (Wildman–Crippen MR) is 73.4 cm³/mol. The normalized spacial score (nSPS) is 10.4. The number of benzene rings is 1. The van der Waals surface area contributed by atoms with Crippen molar-refractivity contribution < 1.29 is 4.92 Å². The van der Waals surface area contributed by atoms with Crippen molar-refractivity contribution in [3.8, 4) is 0 Å². The minimum atomic E-state index is -0.467. The van der Waals surface area contributed by atoms with Gasteiger partial charge in [-0.2, -0.15) is 5.10 Å². The molecule has 19 heavy (non-hydrogen) atoms. The first-order valence-corrected chi connectivity index (χ1v) is 5.84. The fourth-order valence-electron chi connectivity index (χ4n) is 1.87. The van der Waals surface area contributed by atoms with E-state index in [0.717, 1.165) is 17.8 Å². The van der Waals surface area contributed by atoms with Gasteiger partial charge in [-0.3, -0.25) is 14.8 Å².